The Morgan fingerprint density at radius 1 is 1.14 bits per heavy atom. The van der Waals surface area contributed by atoms with Crippen molar-refractivity contribution in [1.82, 2.24) is 0 Å². The number of carbonyl (C=O) groups is 3. The highest BCUT2D eigenvalue weighted by molar-refractivity contribution is 5.99. The number of esters is 1. The molecule has 0 aromatic heterocycles. The van der Waals surface area contributed by atoms with Gasteiger partial charge in [-0.2, -0.15) is 0 Å². The van der Waals surface area contributed by atoms with Crippen molar-refractivity contribution in [3.63, 3.8) is 0 Å². The van der Waals surface area contributed by atoms with Gasteiger partial charge in [-0.3, -0.25) is 9.59 Å². The third kappa shape index (κ3) is 4.16. The van der Waals surface area contributed by atoms with Crippen molar-refractivity contribution in [3.8, 4) is 0 Å². The lowest BCUT2D eigenvalue weighted by molar-refractivity contribution is -0.123. The van der Waals surface area contributed by atoms with Gasteiger partial charge in [0.05, 0.1) is 5.56 Å². The van der Waals surface area contributed by atoms with E-state index < -0.39 is 35.3 Å². The van der Waals surface area contributed by atoms with Crippen LogP contribution in [-0.4, -0.2) is 30.4 Å². The molecule has 1 saturated heterocycles. The van der Waals surface area contributed by atoms with E-state index in [1.807, 2.05) is 0 Å². The van der Waals surface area contributed by atoms with Gasteiger partial charge in [-0.15, -0.1) is 0 Å². The van der Waals surface area contributed by atoms with E-state index >= 15 is 0 Å². The van der Waals surface area contributed by atoms with Gasteiger partial charge in [-0.25, -0.2) is 13.6 Å². The average molecular weight is 388 g/mol. The number of carbonyl (C=O) groups excluding carboxylic acids is 3. The Balaban J connectivity index is 1.67. The molecule has 8 heteroatoms. The van der Waals surface area contributed by atoms with Crippen molar-refractivity contribution < 1.29 is 27.9 Å². The third-order valence-corrected chi connectivity index (χ3v) is 4.33. The maximum atomic E-state index is 13.6. The second-order valence-corrected chi connectivity index (χ2v) is 6.33. The molecule has 2 amide bonds. The van der Waals surface area contributed by atoms with Crippen LogP contribution in [0.4, 0.5) is 20.2 Å². The number of anilines is 2. The zero-order valence-corrected chi connectivity index (χ0v) is 15.1. The molecule has 0 saturated carbocycles. The van der Waals surface area contributed by atoms with Gasteiger partial charge in [-0.1, -0.05) is 12.1 Å². The lowest BCUT2D eigenvalue weighted by atomic mass is 10.2. The summed E-state index contributed by atoms with van der Waals surface area (Å²) >= 11 is 0. The highest BCUT2D eigenvalue weighted by atomic mass is 19.1. The second kappa shape index (κ2) is 8.16. The maximum Gasteiger partial charge on any atom is 0.338 e. The van der Waals surface area contributed by atoms with E-state index in [9.17, 15) is 23.2 Å². The Labute approximate surface area is 160 Å². The van der Waals surface area contributed by atoms with Gasteiger partial charge in [0.25, 0.3) is 5.91 Å². The van der Waals surface area contributed by atoms with E-state index in [0.29, 0.717) is 18.7 Å². The minimum atomic E-state index is -1.29. The first kappa shape index (κ1) is 19.5. The first-order chi connectivity index (χ1) is 13.4. The average Bonchev–Trinajstić information content (AvgIpc) is 3.10. The summed E-state index contributed by atoms with van der Waals surface area (Å²) in [5, 5.41) is 2.08. The van der Waals surface area contributed by atoms with Crippen LogP contribution in [0.1, 0.15) is 30.1 Å². The summed E-state index contributed by atoms with van der Waals surface area (Å²) in [4.78, 5) is 37.9. The molecule has 2 aromatic rings. The maximum absolute atomic E-state index is 13.6. The predicted octanol–water partition coefficient (Wildman–Crippen LogP) is 3.28. The van der Waals surface area contributed by atoms with Crippen molar-refractivity contribution in [2.75, 3.05) is 16.8 Å². The quantitative estimate of drug-likeness (QED) is 0.798. The molecule has 1 heterocycles. The molecule has 0 bridgehead atoms. The molecule has 0 aliphatic carbocycles. The number of para-hydroxylation sites is 1. The summed E-state index contributed by atoms with van der Waals surface area (Å²) in [6.07, 6.45) is -0.0842. The fourth-order valence-electron chi connectivity index (χ4n) is 2.85. The molecule has 1 aliphatic rings. The van der Waals surface area contributed by atoms with E-state index in [2.05, 4.69) is 5.32 Å². The number of nitrogens with zero attached hydrogens (tertiary/aromatic N) is 1. The summed E-state index contributed by atoms with van der Waals surface area (Å²) in [7, 11) is 0. The molecule has 0 unspecified atom stereocenters. The van der Waals surface area contributed by atoms with Crippen LogP contribution in [0.3, 0.4) is 0 Å². The molecule has 1 aliphatic heterocycles. The number of rotatable bonds is 5. The standard InChI is InChI=1S/C20H18F2N2O4/c1-12(19(26)23-18-15(21)7-3-8-16(18)22)28-20(27)13-5-2-6-14(11-13)24-10-4-9-17(24)25/h2-3,5-8,11-12H,4,9-10H2,1H3,(H,23,26)/t12-/m0/s1. The lowest BCUT2D eigenvalue weighted by Crippen LogP contribution is -2.30. The summed E-state index contributed by atoms with van der Waals surface area (Å²) < 4.78 is 32.4. The molecular formula is C20H18F2N2O4. The number of hydrogen-bond donors (Lipinski definition) is 1. The number of amides is 2. The van der Waals surface area contributed by atoms with Gasteiger partial charge in [0.2, 0.25) is 5.91 Å². The molecule has 28 heavy (non-hydrogen) atoms. The van der Waals surface area contributed by atoms with Gasteiger partial charge in [0.1, 0.15) is 17.3 Å². The first-order valence-electron chi connectivity index (χ1n) is 8.73. The molecule has 0 spiro atoms. The van der Waals surface area contributed by atoms with Crippen LogP contribution in [0.2, 0.25) is 0 Å². The van der Waals surface area contributed by atoms with Gasteiger partial charge in [0.15, 0.2) is 6.10 Å². The largest absolute Gasteiger partial charge is 0.449 e. The highest BCUT2D eigenvalue weighted by Crippen LogP contribution is 2.23. The molecule has 1 N–H and O–H groups in total. The number of hydrogen-bond acceptors (Lipinski definition) is 4. The molecular weight excluding hydrogens is 370 g/mol. The smallest absolute Gasteiger partial charge is 0.338 e. The van der Waals surface area contributed by atoms with Crippen molar-refractivity contribution in [2.45, 2.75) is 25.9 Å². The lowest BCUT2D eigenvalue weighted by Gasteiger charge is -2.17. The van der Waals surface area contributed by atoms with Crippen LogP contribution in [0.25, 0.3) is 0 Å². The van der Waals surface area contributed by atoms with Crippen LogP contribution in [0, 0.1) is 11.6 Å². The zero-order chi connectivity index (χ0) is 20.3. The van der Waals surface area contributed by atoms with E-state index in [0.717, 1.165) is 18.6 Å². The summed E-state index contributed by atoms with van der Waals surface area (Å²) in [5.41, 5.74) is 0.126. The molecule has 0 radical (unpaired) electrons. The number of nitrogens with one attached hydrogen (secondary N) is 1. The molecule has 1 atom stereocenters. The Bertz CT molecular complexity index is 912. The summed E-state index contributed by atoms with van der Waals surface area (Å²) in [6.45, 7) is 1.87. The van der Waals surface area contributed by atoms with Crippen LogP contribution in [0.15, 0.2) is 42.5 Å². The summed E-state index contributed by atoms with van der Waals surface area (Å²) in [6, 6.07) is 9.48. The van der Waals surface area contributed by atoms with Crippen molar-refractivity contribution >= 4 is 29.2 Å². The molecule has 1 fully saturated rings. The predicted molar refractivity (Wildman–Crippen MR) is 97.9 cm³/mol. The van der Waals surface area contributed by atoms with E-state index in [4.69, 9.17) is 4.74 Å². The fraction of sp³-hybridized carbons (Fsp3) is 0.250. The molecule has 3 rings (SSSR count). The van der Waals surface area contributed by atoms with Crippen molar-refractivity contribution in [2.24, 2.45) is 0 Å². The van der Waals surface area contributed by atoms with Crippen LogP contribution < -0.4 is 10.2 Å². The molecule has 2 aromatic carbocycles. The van der Waals surface area contributed by atoms with Crippen molar-refractivity contribution in [3.05, 3.63) is 59.7 Å². The Kier molecular flexibility index (Phi) is 5.67. The Hall–Kier alpha value is -3.29. The number of benzene rings is 2. The summed E-state index contributed by atoms with van der Waals surface area (Å²) in [5.74, 6) is -3.55. The van der Waals surface area contributed by atoms with Gasteiger partial charge >= 0.3 is 5.97 Å². The first-order valence-corrected chi connectivity index (χ1v) is 8.73. The van der Waals surface area contributed by atoms with Gasteiger partial charge in [0, 0.05) is 18.7 Å². The fourth-order valence-corrected chi connectivity index (χ4v) is 2.85. The van der Waals surface area contributed by atoms with Gasteiger partial charge < -0.3 is 15.0 Å². The van der Waals surface area contributed by atoms with E-state index in [-0.39, 0.29) is 11.5 Å². The topological polar surface area (TPSA) is 75.7 Å². The molecule has 146 valence electrons. The van der Waals surface area contributed by atoms with Crippen LogP contribution in [-0.2, 0) is 14.3 Å². The molecule has 6 nitrogen and oxygen atoms in total. The van der Waals surface area contributed by atoms with Crippen molar-refractivity contribution in [1.29, 1.82) is 0 Å². The minimum absolute atomic E-state index is 0.0230. The van der Waals surface area contributed by atoms with Gasteiger partial charge in [-0.05, 0) is 43.7 Å². The van der Waals surface area contributed by atoms with E-state index in [1.54, 1.807) is 17.0 Å². The zero-order valence-electron chi connectivity index (χ0n) is 15.1. The van der Waals surface area contributed by atoms with E-state index in [1.165, 1.54) is 25.1 Å². The second-order valence-electron chi connectivity index (χ2n) is 6.33. The normalized spacial score (nSPS) is 14.7. The van der Waals surface area contributed by atoms with Crippen LogP contribution in [0.5, 0.6) is 0 Å². The highest BCUT2D eigenvalue weighted by Gasteiger charge is 2.24. The SMILES string of the molecule is C[C@H](OC(=O)c1cccc(N2CCCC2=O)c1)C(=O)Nc1c(F)cccc1F. The third-order valence-electron chi connectivity index (χ3n) is 4.33. The Morgan fingerprint density at radius 2 is 1.82 bits per heavy atom. The minimum Gasteiger partial charge on any atom is -0.449 e. The number of halogens is 2. The monoisotopic (exact) mass is 388 g/mol. The Morgan fingerprint density at radius 3 is 2.46 bits per heavy atom. The number of ether oxygens (including phenoxy) is 1. The van der Waals surface area contributed by atoms with Crippen LogP contribution >= 0.6 is 0 Å².